The molecule has 0 radical (unpaired) electrons. The number of ether oxygens (including phenoxy) is 1. The standard InChI is InChI=1S/C15H15N3O6/c1-9(8-17-10(2)16-7-13(17)18(22)23)24-15(21)12-6-4-3-5-11(12)14(19)20/h3-7,9H,8H2,1-2H3,(H,19,20)/t9-/m0/s1. The van der Waals surface area contributed by atoms with Gasteiger partial charge in [-0.15, -0.1) is 0 Å². The minimum atomic E-state index is -1.24. The summed E-state index contributed by atoms with van der Waals surface area (Å²) in [6.45, 7) is 3.19. The van der Waals surface area contributed by atoms with E-state index in [9.17, 15) is 19.7 Å². The van der Waals surface area contributed by atoms with Crippen molar-refractivity contribution in [3.63, 3.8) is 0 Å². The number of hydrogen-bond donors (Lipinski definition) is 1. The zero-order chi connectivity index (χ0) is 17.9. The number of aryl methyl sites for hydroxylation is 1. The molecule has 0 bridgehead atoms. The zero-order valence-electron chi connectivity index (χ0n) is 13.0. The molecule has 0 saturated heterocycles. The van der Waals surface area contributed by atoms with Crippen molar-refractivity contribution >= 4 is 17.8 Å². The summed E-state index contributed by atoms with van der Waals surface area (Å²) < 4.78 is 6.54. The topological polar surface area (TPSA) is 125 Å². The van der Waals surface area contributed by atoms with E-state index in [1.54, 1.807) is 13.8 Å². The second kappa shape index (κ2) is 6.90. The van der Waals surface area contributed by atoms with Gasteiger partial charge in [0.1, 0.15) is 18.8 Å². The summed E-state index contributed by atoms with van der Waals surface area (Å²) in [5.41, 5.74) is -0.242. The SMILES string of the molecule is Cc1ncc([N+](=O)[O-])n1C[C@H](C)OC(=O)c1ccccc1C(=O)O. The summed E-state index contributed by atoms with van der Waals surface area (Å²) >= 11 is 0. The fourth-order valence-corrected chi connectivity index (χ4v) is 2.22. The Hall–Kier alpha value is -3.23. The predicted molar refractivity (Wildman–Crippen MR) is 81.9 cm³/mol. The first-order valence-corrected chi connectivity index (χ1v) is 7.01. The lowest BCUT2D eigenvalue weighted by Gasteiger charge is -2.13. The minimum Gasteiger partial charge on any atom is -0.478 e. The number of rotatable bonds is 6. The lowest BCUT2D eigenvalue weighted by Crippen LogP contribution is -2.23. The van der Waals surface area contributed by atoms with E-state index in [-0.39, 0.29) is 23.5 Å². The average molecular weight is 333 g/mol. The maximum atomic E-state index is 12.2. The van der Waals surface area contributed by atoms with Crippen LogP contribution in [-0.2, 0) is 11.3 Å². The lowest BCUT2D eigenvalue weighted by molar-refractivity contribution is -0.392. The number of aromatic nitrogens is 2. The highest BCUT2D eigenvalue weighted by Gasteiger charge is 2.23. The van der Waals surface area contributed by atoms with E-state index < -0.39 is 23.0 Å². The van der Waals surface area contributed by atoms with Crippen molar-refractivity contribution in [2.24, 2.45) is 0 Å². The maximum Gasteiger partial charge on any atom is 0.342 e. The summed E-state index contributed by atoms with van der Waals surface area (Å²) in [6, 6.07) is 5.68. The van der Waals surface area contributed by atoms with Crippen LogP contribution in [0.3, 0.4) is 0 Å². The number of carboxylic acids is 1. The predicted octanol–water partition coefficient (Wildman–Crippen LogP) is 2.04. The first-order chi connectivity index (χ1) is 11.3. The largest absolute Gasteiger partial charge is 0.478 e. The second-order valence-corrected chi connectivity index (χ2v) is 5.10. The molecular weight excluding hydrogens is 318 g/mol. The maximum absolute atomic E-state index is 12.2. The fourth-order valence-electron chi connectivity index (χ4n) is 2.22. The van der Waals surface area contributed by atoms with E-state index >= 15 is 0 Å². The van der Waals surface area contributed by atoms with Gasteiger partial charge in [-0.1, -0.05) is 12.1 Å². The summed E-state index contributed by atoms with van der Waals surface area (Å²) in [5, 5.41) is 20.0. The Labute approximate surface area is 136 Å². The van der Waals surface area contributed by atoms with Gasteiger partial charge in [0.2, 0.25) is 0 Å². The third-order valence-electron chi connectivity index (χ3n) is 3.35. The molecule has 1 aromatic heterocycles. The van der Waals surface area contributed by atoms with Gasteiger partial charge in [-0.05, 0) is 24.0 Å². The molecule has 0 aliphatic rings. The number of esters is 1. The van der Waals surface area contributed by atoms with E-state index in [0.29, 0.717) is 5.82 Å². The number of carboxylic acid groups (broad SMARTS) is 1. The van der Waals surface area contributed by atoms with Crippen LogP contribution in [0.2, 0.25) is 0 Å². The molecule has 2 rings (SSSR count). The van der Waals surface area contributed by atoms with E-state index in [1.165, 1.54) is 28.8 Å². The van der Waals surface area contributed by atoms with Crippen LogP contribution >= 0.6 is 0 Å². The van der Waals surface area contributed by atoms with Crippen molar-refractivity contribution in [3.05, 3.63) is 57.5 Å². The van der Waals surface area contributed by atoms with Crippen molar-refractivity contribution in [1.29, 1.82) is 0 Å². The Morgan fingerprint density at radius 3 is 2.58 bits per heavy atom. The van der Waals surface area contributed by atoms with Gasteiger partial charge in [0.05, 0.1) is 11.1 Å². The highest BCUT2D eigenvalue weighted by Crippen LogP contribution is 2.16. The number of hydrogen-bond acceptors (Lipinski definition) is 6. The smallest absolute Gasteiger partial charge is 0.342 e. The first-order valence-electron chi connectivity index (χ1n) is 7.01. The van der Waals surface area contributed by atoms with Crippen LogP contribution in [0.4, 0.5) is 5.82 Å². The molecule has 0 amide bonds. The molecule has 0 aliphatic heterocycles. The van der Waals surface area contributed by atoms with Crippen LogP contribution < -0.4 is 0 Å². The van der Waals surface area contributed by atoms with Crippen LogP contribution in [0.1, 0.15) is 33.5 Å². The quantitative estimate of drug-likeness (QED) is 0.487. The minimum absolute atomic E-state index is 0.0309. The van der Waals surface area contributed by atoms with E-state index in [4.69, 9.17) is 9.84 Å². The molecule has 1 N–H and O–H groups in total. The Bertz CT molecular complexity index is 798. The van der Waals surface area contributed by atoms with Gasteiger partial charge >= 0.3 is 17.8 Å². The molecule has 0 spiro atoms. The highest BCUT2D eigenvalue weighted by molar-refractivity contribution is 6.02. The molecule has 126 valence electrons. The number of nitrogens with zero attached hydrogens (tertiary/aromatic N) is 3. The average Bonchev–Trinajstić information content (AvgIpc) is 2.88. The highest BCUT2D eigenvalue weighted by atomic mass is 16.6. The molecule has 9 nitrogen and oxygen atoms in total. The summed E-state index contributed by atoms with van der Waals surface area (Å²) in [5.74, 6) is -1.84. The van der Waals surface area contributed by atoms with Gasteiger partial charge in [-0.3, -0.25) is 0 Å². The Morgan fingerprint density at radius 1 is 1.38 bits per heavy atom. The van der Waals surface area contributed by atoms with Crippen molar-refractivity contribution in [1.82, 2.24) is 9.55 Å². The Morgan fingerprint density at radius 2 is 2.00 bits per heavy atom. The zero-order valence-corrected chi connectivity index (χ0v) is 13.0. The molecule has 0 saturated carbocycles. The molecule has 24 heavy (non-hydrogen) atoms. The molecule has 0 unspecified atom stereocenters. The number of carbonyl (C=O) groups is 2. The van der Waals surface area contributed by atoms with Crippen molar-refractivity contribution in [3.8, 4) is 0 Å². The molecule has 9 heteroatoms. The van der Waals surface area contributed by atoms with Gasteiger partial charge in [0, 0.05) is 6.92 Å². The Kier molecular flexibility index (Phi) is 4.93. The van der Waals surface area contributed by atoms with E-state index in [1.807, 2.05) is 0 Å². The second-order valence-electron chi connectivity index (χ2n) is 5.10. The fraction of sp³-hybridized carbons (Fsp3) is 0.267. The monoisotopic (exact) mass is 333 g/mol. The third-order valence-corrected chi connectivity index (χ3v) is 3.35. The summed E-state index contributed by atoms with van der Waals surface area (Å²) in [7, 11) is 0. The van der Waals surface area contributed by atoms with Gasteiger partial charge < -0.3 is 20.0 Å². The van der Waals surface area contributed by atoms with Crippen LogP contribution in [0.25, 0.3) is 0 Å². The Balaban J connectivity index is 2.15. The van der Waals surface area contributed by atoms with Gasteiger partial charge in [-0.2, -0.15) is 0 Å². The molecule has 2 aromatic rings. The number of imidazole rings is 1. The van der Waals surface area contributed by atoms with Gasteiger partial charge in [-0.25, -0.2) is 19.1 Å². The number of aromatic carboxylic acids is 1. The number of benzene rings is 1. The van der Waals surface area contributed by atoms with Crippen molar-refractivity contribution in [2.45, 2.75) is 26.5 Å². The summed E-state index contributed by atoms with van der Waals surface area (Å²) in [6.07, 6.45) is 0.412. The van der Waals surface area contributed by atoms with E-state index in [0.717, 1.165) is 6.20 Å². The van der Waals surface area contributed by atoms with E-state index in [2.05, 4.69) is 4.98 Å². The molecular formula is C15H15N3O6. The number of nitro groups is 1. The van der Waals surface area contributed by atoms with Crippen LogP contribution in [0, 0.1) is 17.0 Å². The van der Waals surface area contributed by atoms with Crippen LogP contribution in [0.5, 0.6) is 0 Å². The molecule has 1 aromatic carbocycles. The van der Waals surface area contributed by atoms with Crippen molar-refractivity contribution < 1.29 is 24.4 Å². The molecule has 1 heterocycles. The number of carbonyl (C=O) groups excluding carboxylic acids is 1. The van der Waals surface area contributed by atoms with Gasteiger partial charge in [0.25, 0.3) is 0 Å². The van der Waals surface area contributed by atoms with Crippen LogP contribution in [-0.4, -0.2) is 37.6 Å². The van der Waals surface area contributed by atoms with Crippen molar-refractivity contribution in [2.75, 3.05) is 0 Å². The molecule has 1 atom stereocenters. The first kappa shape index (κ1) is 17.1. The summed E-state index contributed by atoms with van der Waals surface area (Å²) in [4.78, 5) is 37.6. The third kappa shape index (κ3) is 3.57. The normalized spacial score (nSPS) is 11.8. The van der Waals surface area contributed by atoms with Gasteiger partial charge in [0.15, 0.2) is 5.82 Å². The molecule has 0 fully saturated rings. The molecule has 0 aliphatic carbocycles. The van der Waals surface area contributed by atoms with Crippen LogP contribution in [0.15, 0.2) is 30.5 Å². The lowest BCUT2D eigenvalue weighted by atomic mass is 10.1.